The number of nitrogens with one attached hydrogen (secondary N) is 2. The van der Waals surface area contributed by atoms with Gasteiger partial charge in [0.05, 0.1) is 4.90 Å². The van der Waals surface area contributed by atoms with Crippen molar-refractivity contribution in [2.75, 3.05) is 18.4 Å². The lowest BCUT2D eigenvalue weighted by Gasteiger charge is -2.34. The number of hydrogen-bond donors (Lipinski definition) is 2. The van der Waals surface area contributed by atoms with Gasteiger partial charge in [-0.3, -0.25) is 9.59 Å². The van der Waals surface area contributed by atoms with E-state index >= 15 is 0 Å². The number of piperidine rings is 1. The van der Waals surface area contributed by atoms with Gasteiger partial charge in [0, 0.05) is 24.8 Å². The maximum absolute atomic E-state index is 13.1. The lowest BCUT2D eigenvalue weighted by atomic mass is 10.0. The van der Waals surface area contributed by atoms with E-state index in [0.717, 1.165) is 36.0 Å². The van der Waals surface area contributed by atoms with Gasteiger partial charge >= 0.3 is 11.8 Å². The van der Waals surface area contributed by atoms with Gasteiger partial charge in [-0.2, -0.15) is 4.31 Å². The normalized spacial score (nSPS) is 17.0. The summed E-state index contributed by atoms with van der Waals surface area (Å²) in [6.07, 6.45) is 2.93. The zero-order valence-corrected chi connectivity index (χ0v) is 19.7. The third kappa shape index (κ3) is 5.75. The maximum atomic E-state index is 13.1. The van der Waals surface area contributed by atoms with Gasteiger partial charge in [-0.1, -0.05) is 30.2 Å². The average Bonchev–Trinajstić information content (AvgIpc) is 2.76. The van der Waals surface area contributed by atoms with Crippen molar-refractivity contribution in [3.05, 3.63) is 59.2 Å². The summed E-state index contributed by atoms with van der Waals surface area (Å²) in [5, 5.41) is 5.22. The Labute approximate surface area is 190 Å². The van der Waals surface area contributed by atoms with E-state index in [2.05, 4.69) is 10.6 Å². The van der Waals surface area contributed by atoms with Crippen molar-refractivity contribution in [1.82, 2.24) is 9.62 Å². The van der Waals surface area contributed by atoms with Crippen LogP contribution < -0.4 is 10.6 Å². The molecule has 8 heteroatoms. The van der Waals surface area contributed by atoms with Crippen LogP contribution in [0.4, 0.5) is 5.69 Å². The number of nitrogens with zero attached hydrogens (tertiary/aromatic N) is 1. The predicted molar refractivity (Wildman–Crippen MR) is 125 cm³/mol. The van der Waals surface area contributed by atoms with Crippen molar-refractivity contribution in [3.63, 3.8) is 0 Å². The third-order valence-corrected chi connectivity index (χ3v) is 7.90. The minimum Gasteiger partial charge on any atom is -0.348 e. The molecule has 3 rings (SSSR count). The second kappa shape index (κ2) is 10.3. The largest absolute Gasteiger partial charge is 0.348 e. The molecule has 1 heterocycles. The second-order valence-corrected chi connectivity index (χ2v) is 10.3. The SMILES string of the molecule is Cc1ccc(S(=O)(=O)N2CCCCC2CCNC(=O)C(=O)Nc2ccc(C)c(C)c2)cc1. The highest BCUT2D eigenvalue weighted by Crippen LogP contribution is 2.27. The van der Waals surface area contributed by atoms with Crippen LogP contribution in [0.1, 0.15) is 42.4 Å². The zero-order valence-electron chi connectivity index (χ0n) is 18.8. The number of carbonyl (C=O) groups excluding carboxylic acids is 2. The summed E-state index contributed by atoms with van der Waals surface area (Å²) in [4.78, 5) is 24.7. The summed E-state index contributed by atoms with van der Waals surface area (Å²) in [7, 11) is -3.60. The van der Waals surface area contributed by atoms with Crippen LogP contribution in [0.3, 0.4) is 0 Å². The van der Waals surface area contributed by atoms with Crippen LogP contribution in [0.25, 0.3) is 0 Å². The van der Waals surface area contributed by atoms with Crippen molar-refractivity contribution < 1.29 is 18.0 Å². The van der Waals surface area contributed by atoms with Gasteiger partial charge in [-0.05, 0) is 75.4 Å². The molecular formula is C24H31N3O4S. The molecule has 0 aromatic heterocycles. The lowest BCUT2D eigenvalue weighted by molar-refractivity contribution is -0.136. The molecule has 0 radical (unpaired) electrons. The van der Waals surface area contributed by atoms with Gasteiger partial charge in [0.15, 0.2) is 0 Å². The predicted octanol–water partition coefficient (Wildman–Crippen LogP) is 3.30. The van der Waals surface area contributed by atoms with Gasteiger partial charge in [0.25, 0.3) is 0 Å². The highest BCUT2D eigenvalue weighted by molar-refractivity contribution is 7.89. The van der Waals surface area contributed by atoms with E-state index in [1.165, 1.54) is 0 Å². The number of sulfonamides is 1. The fourth-order valence-electron chi connectivity index (χ4n) is 3.86. The average molecular weight is 458 g/mol. The first-order chi connectivity index (χ1) is 15.2. The van der Waals surface area contributed by atoms with Crippen LogP contribution in [0.5, 0.6) is 0 Å². The van der Waals surface area contributed by atoms with E-state index in [1.54, 1.807) is 34.6 Å². The van der Waals surface area contributed by atoms with E-state index in [4.69, 9.17) is 0 Å². The first kappa shape index (κ1) is 23.9. The lowest BCUT2D eigenvalue weighted by Crippen LogP contribution is -2.45. The summed E-state index contributed by atoms with van der Waals surface area (Å²) >= 11 is 0. The summed E-state index contributed by atoms with van der Waals surface area (Å²) in [5.41, 5.74) is 3.69. The van der Waals surface area contributed by atoms with Crippen LogP contribution in [-0.2, 0) is 19.6 Å². The molecule has 2 amide bonds. The topological polar surface area (TPSA) is 95.6 Å². The summed E-state index contributed by atoms with van der Waals surface area (Å²) < 4.78 is 27.8. The first-order valence-corrected chi connectivity index (χ1v) is 12.4. The highest BCUT2D eigenvalue weighted by Gasteiger charge is 2.33. The molecule has 0 spiro atoms. The van der Waals surface area contributed by atoms with Gasteiger partial charge in [-0.15, -0.1) is 0 Å². The zero-order chi connectivity index (χ0) is 23.3. The van der Waals surface area contributed by atoms with Crippen molar-refractivity contribution in [2.45, 2.75) is 57.4 Å². The Hall–Kier alpha value is -2.71. The summed E-state index contributed by atoms with van der Waals surface area (Å²) in [6.45, 7) is 6.51. The molecule has 1 aliphatic heterocycles. The minimum atomic E-state index is -3.60. The smallest absolute Gasteiger partial charge is 0.313 e. The molecule has 7 nitrogen and oxygen atoms in total. The molecule has 0 bridgehead atoms. The highest BCUT2D eigenvalue weighted by atomic mass is 32.2. The number of carbonyl (C=O) groups is 2. The molecule has 0 aliphatic carbocycles. The number of rotatable bonds is 6. The number of benzene rings is 2. The van der Waals surface area contributed by atoms with Gasteiger partial charge in [-0.25, -0.2) is 8.42 Å². The van der Waals surface area contributed by atoms with Crippen LogP contribution >= 0.6 is 0 Å². The van der Waals surface area contributed by atoms with E-state index in [-0.39, 0.29) is 17.5 Å². The van der Waals surface area contributed by atoms with Crippen molar-refractivity contribution in [1.29, 1.82) is 0 Å². The van der Waals surface area contributed by atoms with E-state index in [1.807, 2.05) is 32.9 Å². The standard InChI is InChI=1S/C24H31N3O4S/c1-17-7-11-22(12-8-17)32(30,31)27-15-5-4-6-21(27)13-14-25-23(28)24(29)26-20-10-9-18(2)19(3)16-20/h7-12,16,21H,4-6,13-15H2,1-3H3,(H,25,28)(H,26,29). The number of amides is 2. The Balaban J connectivity index is 1.57. The molecule has 32 heavy (non-hydrogen) atoms. The van der Waals surface area contributed by atoms with Crippen LogP contribution in [0.15, 0.2) is 47.4 Å². The monoisotopic (exact) mass is 457 g/mol. The summed E-state index contributed by atoms with van der Waals surface area (Å²) in [5.74, 6) is -1.46. The number of hydrogen-bond acceptors (Lipinski definition) is 4. The molecule has 2 aromatic rings. The molecule has 2 N–H and O–H groups in total. The van der Waals surface area contributed by atoms with Crippen molar-refractivity contribution in [2.24, 2.45) is 0 Å². The van der Waals surface area contributed by atoms with E-state index in [0.29, 0.717) is 18.7 Å². The van der Waals surface area contributed by atoms with Gasteiger partial charge < -0.3 is 10.6 Å². The molecular weight excluding hydrogens is 426 g/mol. The molecule has 1 unspecified atom stereocenters. The second-order valence-electron chi connectivity index (χ2n) is 8.38. The van der Waals surface area contributed by atoms with Crippen LogP contribution in [0.2, 0.25) is 0 Å². The maximum Gasteiger partial charge on any atom is 0.313 e. The van der Waals surface area contributed by atoms with Crippen molar-refractivity contribution >= 4 is 27.5 Å². The van der Waals surface area contributed by atoms with Crippen molar-refractivity contribution in [3.8, 4) is 0 Å². The van der Waals surface area contributed by atoms with Gasteiger partial charge in [0.1, 0.15) is 0 Å². The molecule has 1 saturated heterocycles. The van der Waals surface area contributed by atoms with E-state index < -0.39 is 21.8 Å². The Morgan fingerprint density at radius 2 is 1.69 bits per heavy atom. The van der Waals surface area contributed by atoms with Crippen LogP contribution in [0, 0.1) is 20.8 Å². The molecule has 172 valence electrons. The third-order valence-electron chi connectivity index (χ3n) is 5.93. The first-order valence-electron chi connectivity index (χ1n) is 10.9. The summed E-state index contributed by atoms with van der Waals surface area (Å²) in [6, 6.07) is 12.1. The molecule has 1 fully saturated rings. The van der Waals surface area contributed by atoms with E-state index in [9.17, 15) is 18.0 Å². The molecule has 1 aliphatic rings. The fraction of sp³-hybridized carbons (Fsp3) is 0.417. The Kier molecular flexibility index (Phi) is 7.69. The molecule has 2 aromatic carbocycles. The minimum absolute atomic E-state index is 0.210. The quantitative estimate of drug-likeness (QED) is 0.651. The number of aryl methyl sites for hydroxylation is 3. The molecule has 0 saturated carbocycles. The number of anilines is 1. The fourth-order valence-corrected chi connectivity index (χ4v) is 5.59. The van der Waals surface area contributed by atoms with Crippen LogP contribution in [-0.4, -0.2) is 43.7 Å². The Morgan fingerprint density at radius 1 is 0.969 bits per heavy atom. The Bertz CT molecular complexity index is 1080. The Morgan fingerprint density at radius 3 is 2.38 bits per heavy atom. The van der Waals surface area contributed by atoms with Gasteiger partial charge in [0.2, 0.25) is 10.0 Å². The molecule has 1 atom stereocenters.